The van der Waals surface area contributed by atoms with Crippen molar-refractivity contribution in [2.45, 2.75) is 31.5 Å². The van der Waals surface area contributed by atoms with Gasteiger partial charge in [0, 0.05) is 23.6 Å². The molecule has 2 aliphatic rings. The van der Waals surface area contributed by atoms with Crippen molar-refractivity contribution in [3.8, 4) is 5.88 Å². The lowest BCUT2D eigenvalue weighted by Crippen LogP contribution is -2.35. The van der Waals surface area contributed by atoms with Gasteiger partial charge in [-0.3, -0.25) is 0 Å². The largest absolute Gasteiger partial charge is 0.492 e. The zero-order chi connectivity index (χ0) is 25.6. The number of hydrogen-bond donors (Lipinski definition) is 2. The van der Waals surface area contributed by atoms with Crippen LogP contribution in [0.25, 0.3) is 5.57 Å². The van der Waals surface area contributed by atoms with E-state index in [9.17, 15) is 28.2 Å². The fourth-order valence-corrected chi connectivity index (χ4v) is 5.71. The van der Waals surface area contributed by atoms with Crippen molar-refractivity contribution in [1.29, 1.82) is 0 Å². The van der Waals surface area contributed by atoms with Crippen LogP contribution in [-0.4, -0.2) is 40.0 Å². The smallest absolute Gasteiger partial charge is 0.416 e. The fraction of sp³-hybridized carbons (Fsp3) is 0.250. The molecule has 1 saturated heterocycles. The highest BCUT2D eigenvalue weighted by Crippen LogP contribution is 2.41. The molecule has 0 saturated carbocycles. The van der Waals surface area contributed by atoms with Crippen molar-refractivity contribution in [3.63, 3.8) is 0 Å². The molecular formula is C24H18ClF3N4O3S. The Morgan fingerprint density at radius 3 is 2.78 bits per heavy atom. The molecule has 2 N–H and O–H groups in total. The summed E-state index contributed by atoms with van der Waals surface area (Å²) in [6.45, 7) is 0.449. The maximum Gasteiger partial charge on any atom is 0.416 e. The summed E-state index contributed by atoms with van der Waals surface area (Å²) in [6, 6.07) is 7.93. The van der Waals surface area contributed by atoms with Gasteiger partial charge in [0.25, 0.3) is 0 Å². The van der Waals surface area contributed by atoms with Gasteiger partial charge in [0.2, 0.25) is 5.88 Å². The van der Waals surface area contributed by atoms with E-state index in [2.05, 4.69) is 15.2 Å². The Balaban J connectivity index is 1.68. The van der Waals surface area contributed by atoms with Crippen LogP contribution < -0.4 is 15.5 Å². The van der Waals surface area contributed by atoms with Gasteiger partial charge >= 0.3 is 12.1 Å². The molecular weight excluding hydrogens is 517 g/mol. The van der Waals surface area contributed by atoms with E-state index in [0.717, 1.165) is 17.4 Å². The minimum atomic E-state index is -4.64. The van der Waals surface area contributed by atoms with Crippen molar-refractivity contribution in [2.75, 3.05) is 11.4 Å². The number of thiazole rings is 1. The third-order valence-corrected chi connectivity index (χ3v) is 7.52. The zero-order valence-corrected chi connectivity index (χ0v) is 20.0. The number of anilines is 1. The van der Waals surface area contributed by atoms with E-state index in [4.69, 9.17) is 11.6 Å². The molecule has 0 bridgehead atoms. The minimum Gasteiger partial charge on any atom is -0.492 e. The lowest BCUT2D eigenvalue weighted by Gasteiger charge is -2.19. The van der Waals surface area contributed by atoms with E-state index in [1.165, 1.54) is 12.1 Å². The SMILES string of the molecule is O=C(O)[C@@H]1CCCN1c1nc(O)c(C(Cc2ccc(Cl)cc2C(F)(F)F)=c2ccc3c(c2)C=NN=3)s1. The summed E-state index contributed by atoms with van der Waals surface area (Å²) >= 11 is 6.91. The van der Waals surface area contributed by atoms with E-state index >= 15 is 0 Å². The Morgan fingerprint density at radius 1 is 1.22 bits per heavy atom. The van der Waals surface area contributed by atoms with Gasteiger partial charge in [-0.05, 0) is 53.5 Å². The van der Waals surface area contributed by atoms with Crippen LogP contribution in [-0.2, 0) is 17.4 Å². The molecule has 3 aromatic rings. The van der Waals surface area contributed by atoms with Gasteiger partial charge < -0.3 is 15.1 Å². The minimum absolute atomic E-state index is 0.0281. The van der Waals surface area contributed by atoms with Crippen molar-refractivity contribution < 1.29 is 28.2 Å². The zero-order valence-electron chi connectivity index (χ0n) is 18.5. The van der Waals surface area contributed by atoms with Crippen LogP contribution in [0.15, 0.2) is 46.6 Å². The third-order valence-electron chi connectivity index (χ3n) is 6.14. The van der Waals surface area contributed by atoms with E-state index < -0.39 is 23.8 Å². The van der Waals surface area contributed by atoms with Crippen LogP contribution in [0.5, 0.6) is 5.88 Å². The van der Waals surface area contributed by atoms with Gasteiger partial charge in [-0.15, -0.1) is 0 Å². The second-order valence-electron chi connectivity index (χ2n) is 8.41. The van der Waals surface area contributed by atoms with Crippen LogP contribution in [0.2, 0.25) is 5.02 Å². The highest BCUT2D eigenvalue weighted by atomic mass is 35.5. The molecule has 12 heteroatoms. The van der Waals surface area contributed by atoms with E-state index in [1.54, 1.807) is 29.3 Å². The summed E-state index contributed by atoms with van der Waals surface area (Å²) in [5.41, 5.74) is 0.185. The van der Waals surface area contributed by atoms with E-state index in [-0.39, 0.29) is 27.8 Å². The van der Waals surface area contributed by atoms with Crippen molar-refractivity contribution in [3.05, 3.63) is 73.6 Å². The Kier molecular flexibility index (Phi) is 6.21. The maximum absolute atomic E-state index is 13.9. The Morgan fingerprint density at radius 2 is 2.03 bits per heavy atom. The van der Waals surface area contributed by atoms with Gasteiger partial charge in [0.1, 0.15) is 6.04 Å². The van der Waals surface area contributed by atoms with Crippen LogP contribution in [0, 0.1) is 0 Å². The van der Waals surface area contributed by atoms with Gasteiger partial charge in [-0.1, -0.05) is 35.1 Å². The number of carbonyl (C=O) groups is 1. The summed E-state index contributed by atoms with van der Waals surface area (Å²) < 4.78 is 41.6. The molecule has 0 spiro atoms. The first-order valence-corrected chi connectivity index (χ1v) is 12.1. The number of fused-ring (bicyclic) bond motifs is 1. The molecule has 36 heavy (non-hydrogen) atoms. The number of carboxylic acids is 1. The second-order valence-corrected chi connectivity index (χ2v) is 9.83. The van der Waals surface area contributed by atoms with Crippen molar-refractivity contribution in [2.24, 2.45) is 10.2 Å². The molecule has 1 fully saturated rings. The lowest BCUT2D eigenvalue weighted by molar-refractivity contribution is -0.139. The molecule has 7 nitrogen and oxygen atoms in total. The molecule has 2 aliphatic heterocycles. The molecule has 186 valence electrons. The molecule has 1 aromatic heterocycles. The number of benzene rings is 2. The van der Waals surface area contributed by atoms with E-state index in [0.29, 0.717) is 46.2 Å². The van der Waals surface area contributed by atoms with Crippen LogP contribution in [0.4, 0.5) is 18.3 Å². The van der Waals surface area contributed by atoms with Gasteiger partial charge in [-0.25, -0.2) is 4.79 Å². The predicted molar refractivity (Wildman–Crippen MR) is 129 cm³/mol. The number of aliphatic carboxylic acids is 1. The number of alkyl halides is 3. The number of carboxylic acid groups (broad SMARTS) is 1. The van der Waals surface area contributed by atoms with Crippen molar-refractivity contribution >= 4 is 45.8 Å². The normalized spacial score (nSPS) is 17.8. The molecule has 3 heterocycles. The molecule has 1 atom stereocenters. The Bertz CT molecular complexity index is 1520. The number of nitrogens with zero attached hydrogens (tertiary/aromatic N) is 4. The number of rotatable bonds is 5. The number of hydrogen-bond acceptors (Lipinski definition) is 7. The monoisotopic (exact) mass is 534 g/mol. The summed E-state index contributed by atoms with van der Waals surface area (Å²) in [7, 11) is 0. The first-order chi connectivity index (χ1) is 17.1. The van der Waals surface area contributed by atoms with E-state index in [1.807, 2.05) is 0 Å². The number of aromatic nitrogens is 1. The Hall–Kier alpha value is -3.44. The summed E-state index contributed by atoms with van der Waals surface area (Å²) in [5, 5.41) is 29.7. The highest BCUT2D eigenvalue weighted by Gasteiger charge is 2.35. The molecule has 0 amide bonds. The highest BCUT2D eigenvalue weighted by molar-refractivity contribution is 7.17. The third kappa shape index (κ3) is 4.56. The summed E-state index contributed by atoms with van der Waals surface area (Å²) in [6.07, 6.45) is -2.19. The predicted octanol–water partition coefficient (Wildman–Crippen LogP) is 3.98. The van der Waals surface area contributed by atoms with Gasteiger partial charge in [0.05, 0.1) is 22.0 Å². The van der Waals surface area contributed by atoms with Crippen molar-refractivity contribution in [1.82, 2.24) is 4.98 Å². The molecule has 2 aromatic carbocycles. The molecule has 5 rings (SSSR count). The first-order valence-electron chi connectivity index (χ1n) is 10.9. The maximum atomic E-state index is 13.9. The average molecular weight is 535 g/mol. The lowest BCUT2D eigenvalue weighted by atomic mass is 9.96. The van der Waals surface area contributed by atoms with Crippen LogP contribution in [0.1, 0.15) is 34.4 Å². The summed E-state index contributed by atoms with van der Waals surface area (Å²) in [4.78, 5) is 17.7. The summed E-state index contributed by atoms with van der Waals surface area (Å²) in [5.74, 6) is -1.37. The quantitative estimate of drug-likeness (QED) is 0.516. The molecule has 0 unspecified atom stereocenters. The number of aromatic hydroxyl groups is 1. The fourth-order valence-electron chi connectivity index (χ4n) is 4.43. The Labute approximate surface area is 211 Å². The first kappa shape index (κ1) is 24.3. The van der Waals surface area contributed by atoms with Crippen LogP contribution in [0.3, 0.4) is 0 Å². The standard InChI is InChI=1S/C24H18ClF3N4O3S/c25-15-5-3-13(17(10-15)24(26,27)28)9-16(12-4-6-18-14(8-12)11-29-31-18)20-21(33)30-23(36-20)32-7-1-2-19(32)22(34)35/h3-6,8,10-11,19,33H,1-2,7,9H2,(H,34,35)/t19-/m0/s1. The van der Waals surface area contributed by atoms with Crippen LogP contribution >= 0.6 is 22.9 Å². The molecule has 0 aliphatic carbocycles. The van der Waals surface area contributed by atoms with Gasteiger partial charge in [0.15, 0.2) is 5.13 Å². The molecule has 0 radical (unpaired) electrons. The topological polar surface area (TPSA) is 98.4 Å². The second kappa shape index (κ2) is 9.21. The average Bonchev–Trinajstić information content (AvgIpc) is 3.56. The van der Waals surface area contributed by atoms with Gasteiger partial charge in [-0.2, -0.15) is 28.4 Å². The number of halogens is 4.